The van der Waals surface area contributed by atoms with Crippen LogP contribution in [0.25, 0.3) is 0 Å². The van der Waals surface area contributed by atoms with Gasteiger partial charge in [-0.15, -0.1) is 5.10 Å². The van der Waals surface area contributed by atoms with Crippen LogP contribution < -0.4 is 10.5 Å². The summed E-state index contributed by atoms with van der Waals surface area (Å²) in [5, 5.41) is 7.36. The average Bonchev–Trinajstić information content (AvgIpc) is 2.04. The van der Waals surface area contributed by atoms with E-state index in [2.05, 4.69) is 10.2 Å². The molecule has 5 heteroatoms. The van der Waals surface area contributed by atoms with Crippen molar-refractivity contribution in [3.05, 3.63) is 17.3 Å². The molecule has 2 N–H and O–H groups in total. The smallest absolute Gasteiger partial charge is 0.254 e. The molecule has 1 amide bonds. The Balaban J connectivity index is 3.21. The summed E-state index contributed by atoms with van der Waals surface area (Å²) in [4.78, 5) is 10.8. The number of nitrogens with zero attached hydrogens (tertiary/aromatic N) is 2. The zero-order chi connectivity index (χ0) is 9.14. The Morgan fingerprint density at radius 1 is 1.58 bits per heavy atom. The monoisotopic (exact) mass is 167 g/mol. The molecular weight excluding hydrogens is 158 g/mol. The Kier molecular flexibility index (Phi) is 2.23. The molecule has 5 nitrogen and oxygen atoms in total. The van der Waals surface area contributed by atoms with Gasteiger partial charge in [-0.3, -0.25) is 4.79 Å². The van der Waals surface area contributed by atoms with Gasteiger partial charge in [-0.1, -0.05) is 0 Å². The maximum Gasteiger partial charge on any atom is 0.254 e. The van der Waals surface area contributed by atoms with E-state index < -0.39 is 5.91 Å². The summed E-state index contributed by atoms with van der Waals surface area (Å²) in [6.07, 6.45) is 0. The van der Waals surface area contributed by atoms with Gasteiger partial charge in [0.05, 0.1) is 12.8 Å². The molecule has 0 bridgehead atoms. The van der Waals surface area contributed by atoms with Gasteiger partial charge in [-0.05, 0) is 13.0 Å². The Morgan fingerprint density at radius 3 is 2.75 bits per heavy atom. The number of hydrogen-bond donors (Lipinski definition) is 1. The highest BCUT2D eigenvalue weighted by Gasteiger charge is 2.10. The van der Waals surface area contributed by atoms with Crippen LogP contribution in [-0.4, -0.2) is 23.2 Å². The fourth-order valence-electron chi connectivity index (χ4n) is 0.805. The molecule has 0 fully saturated rings. The molecule has 0 unspecified atom stereocenters. The predicted molar refractivity (Wildman–Crippen MR) is 41.8 cm³/mol. The third kappa shape index (κ3) is 1.50. The number of aryl methyl sites for hydroxylation is 1. The minimum Gasteiger partial charge on any atom is -0.479 e. The van der Waals surface area contributed by atoms with Gasteiger partial charge in [0, 0.05) is 0 Å². The van der Waals surface area contributed by atoms with Gasteiger partial charge < -0.3 is 10.5 Å². The van der Waals surface area contributed by atoms with Gasteiger partial charge in [-0.2, -0.15) is 5.10 Å². The lowest BCUT2D eigenvalue weighted by Crippen LogP contribution is -2.14. The summed E-state index contributed by atoms with van der Waals surface area (Å²) >= 11 is 0. The maximum atomic E-state index is 10.8. The molecule has 0 saturated heterocycles. The van der Waals surface area contributed by atoms with Gasteiger partial charge in [-0.25, -0.2) is 0 Å². The molecule has 0 saturated carbocycles. The van der Waals surface area contributed by atoms with E-state index in [1.807, 2.05) is 0 Å². The van der Waals surface area contributed by atoms with E-state index in [9.17, 15) is 4.79 Å². The van der Waals surface area contributed by atoms with Crippen molar-refractivity contribution in [2.45, 2.75) is 6.92 Å². The topological polar surface area (TPSA) is 78.1 Å². The van der Waals surface area contributed by atoms with Crippen LogP contribution >= 0.6 is 0 Å². The van der Waals surface area contributed by atoms with Crippen molar-refractivity contribution in [1.82, 2.24) is 10.2 Å². The highest BCUT2D eigenvalue weighted by atomic mass is 16.5. The number of primary amides is 1. The Morgan fingerprint density at radius 2 is 2.25 bits per heavy atom. The number of ether oxygens (including phenoxy) is 1. The largest absolute Gasteiger partial charge is 0.479 e. The van der Waals surface area contributed by atoms with E-state index in [0.29, 0.717) is 5.69 Å². The molecule has 0 spiro atoms. The Labute approximate surface area is 69.5 Å². The van der Waals surface area contributed by atoms with E-state index in [1.165, 1.54) is 13.2 Å². The number of nitrogens with two attached hydrogens (primary N) is 1. The molecule has 0 aliphatic heterocycles. The number of aromatic nitrogens is 2. The molecule has 1 heterocycles. The summed E-state index contributed by atoms with van der Waals surface area (Å²) in [6.45, 7) is 1.72. The molecule has 12 heavy (non-hydrogen) atoms. The molecule has 0 radical (unpaired) electrons. The Bertz CT molecular complexity index is 312. The fourth-order valence-corrected chi connectivity index (χ4v) is 0.805. The van der Waals surface area contributed by atoms with Crippen molar-refractivity contribution in [3.63, 3.8) is 0 Å². The van der Waals surface area contributed by atoms with Crippen LogP contribution in [0.3, 0.4) is 0 Å². The van der Waals surface area contributed by atoms with Crippen molar-refractivity contribution >= 4 is 5.91 Å². The van der Waals surface area contributed by atoms with Crippen molar-refractivity contribution < 1.29 is 9.53 Å². The first kappa shape index (κ1) is 8.45. The third-order valence-corrected chi connectivity index (χ3v) is 1.34. The fraction of sp³-hybridized carbons (Fsp3) is 0.286. The van der Waals surface area contributed by atoms with Gasteiger partial charge >= 0.3 is 0 Å². The molecule has 1 aromatic heterocycles. The third-order valence-electron chi connectivity index (χ3n) is 1.34. The van der Waals surface area contributed by atoms with Crippen LogP contribution in [0.15, 0.2) is 6.07 Å². The maximum absolute atomic E-state index is 10.8. The van der Waals surface area contributed by atoms with E-state index in [1.54, 1.807) is 6.92 Å². The molecule has 0 atom stereocenters. The van der Waals surface area contributed by atoms with E-state index in [0.717, 1.165) is 0 Å². The minimum absolute atomic E-state index is 0.160. The lowest BCUT2D eigenvalue weighted by atomic mass is 10.2. The van der Waals surface area contributed by atoms with Crippen molar-refractivity contribution in [1.29, 1.82) is 0 Å². The van der Waals surface area contributed by atoms with E-state index >= 15 is 0 Å². The zero-order valence-electron chi connectivity index (χ0n) is 6.87. The SMILES string of the molecule is COc1nnc(C)cc1C(N)=O. The molecule has 0 aliphatic rings. The number of amides is 1. The standard InChI is InChI=1S/C7H9N3O2/c1-4-3-5(6(8)11)7(12-2)10-9-4/h3H,1-2H3,(H2,8,11). The summed E-state index contributed by atoms with van der Waals surface area (Å²) < 4.78 is 4.79. The lowest BCUT2D eigenvalue weighted by molar-refractivity contribution is 0.0996. The quantitative estimate of drug-likeness (QED) is 0.666. The number of rotatable bonds is 2. The average molecular weight is 167 g/mol. The highest BCUT2D eigenvalue weighted by Crippen LogP contribution is 2.12. The van der Waals surface area contributed by atoms with E-state index in [4.69, 9.17) is 10.5 Å². The van der Waals surface area contributed by atoms with Gasteiger partial charge in [0.2, 0.25) is 5.88 Å². The first-order valence-electron chi connectivity index (χ1n) is 3.33. The first-order valence-corrected chi connectivity index (χ1v) is 3.33. The molecule has 0 aliphatic carbocycles. The Hall–Kier alpha value is -1.65. The molecule has 1 aromatic rings. The van der Waals surface area contributed by atoms with Crippen LogP contribution in [0.2, 0.25) is 0 Å². The number of carbonyl (C=O) groups is 1. The number of methoxy groups -OCH3 is 1. The lowest BCUT2D eigenvalue weighted by Gasteiger charge is -2.02. The number of hydrogen-bond acceptors (Lipinski definition) is 4. The van der Waals surface area contributed by atoms with Crippen molar-refractivity contribution in [2.75, 3.05) is 7.11 Å². The molecule has 1 rings (SSSR count). The summed E-state index contributed by atoms with van der Waals surface area (Å²) in [7, 11) is 1.41. The van der Waals surface area contributed by atoms with Crippen LogP contribution in [-0.2, 0) is 0 Å². The van der Waals surface area contributed by atoms with Crippen LogP contribution in [0.4, 0.5) is 0 Å². The van der Waals surface area contributed by atoms with Gasteiger partial charge in [0.1, 0.15) is 5.56 Å². The second kappa shape index (κ2) is 3.17. The second-order valence-electron chi connectivity index (χ2n) is 2.27. The second-order valence-corrected chi connectivity index (χ2v) is 2.27. The van der Waals surface area contributed by atoms with Crippen molar-refractivity contribution in [3.8, 4) is 5.88 Å². The van der Waals surface area contributed by atoms with Crippen LogP contribution in [0.5, 0.6) is 5.88 Å². The predicted octanol–water partition coefficient (Wildman–Crippen LogP) is -0.107. The van der Waals surface area contributed by atoms with Gasteiger partial charge in [0.25, 0.3) is 5.91 Å². The van der Waals surface area contributed by atoms with E-state index in [-0.39, 0.29) is 11.4 Å². The van der Waals surface area contributed by atoms with Crippen LogP contribution in [0, 0.1) is 6.92 Å². The van der Waals surface area contributed by atoms with Crippen LogP contribution in [0.1, 0.15) is 16.1 Å². The zero-order valence-corrected chi connectivity index (χ0v) is 6.87. The number of carbonyl (C=O) groups excluding carboxylic acids is 1. The molecular formula is C7H9N3O2. The normalized spacial score (nSPS) is 9.50. The summed E-state index contributed by atoms with van der Waals surface area (Å²) in [5.74, 6) is -0.405. The summed E-state index contributed by atoms with van der Waals surface area (Å²) in [5.41, 5.74) is 5.96. The van der Waals surface area contributed by atoms with Crippen molar-refractivity contribution in [2.24, 2.45) is 5.73 Å². The summed E-state index contributed by atoms with van der Waals surface area (Å²) in [6, 6.07) is 1.54. The highest BCUT2D eigenvalue weighted by molar-refractivity contribution is 5.94. The van der Waals surface area contributed by atoms with Gasteiger partial charge in [0.15, 0.2) is 0 Å². The minimum atomic E-state index is -0.565. The molecule has 64 valence electrons. The molecule has 0 aromatic carbocycles. The first-order chi connectivity index (χ1) is 5.65.